The molecular formula is C14H22ClNO2. The van der Waals surface area contributed by atoms with E-state index in [2.05, 4.69) is 11.8 Å². The molecule has 1 atom stereocenters. The van der Waals surface area contributed by atoms with Crippen molar-refractivity contribution in [2.75, 3.05) is 26.2 Å². The van der Waals surface area contributed by atoms with Gasteiger partial charge in [0.15, 0.2) is 0 Å². The highest BCUT2D eigenvalue weighted by Crippen LogP contribution is 2.23. The zero-order chi connectivity index (χ0) is 13.4. The van der Waals surface area contributed by atoms with E-state index in [0.717, 1.165) is 24.9 Å². The van der Waals surface area contributed by atoms with Crippen LogP contribution in [0.3, 0.4) is 0 Å². The molecule has 0 aromatic heterocycles. The molecule has 1 aromatic rings. The van der Waals surface area contributed by atoms with Gasteiger partial charge in [0.1, 0.15) is 0 Å². The van der Waals surface area contributed by atoms with E-state index in [4.69, 9.17) is 16.7 Å². The van der Waals surface area contributed by atoms with Gasteiger partial charge in [-0.3, -0.25) is 4.90 Å². The van der Waals surface area contributed by atoms with Crippen LogP contribution in [0.1, 0.15) is 31.4 Å². The highest BCUT2D eigenvalue weighted by atomic mass is 35.5. The molecule has 0 aliphatic rings. The lowest BCUT2D eigenvalue weighted by Crippen LogP contribution is -2.32. The van der Waals surface area contributed by atoms with Crippen LogP contribution < -0.4 is 0 Å². The maximum absolute atomic E-state index is 10.2. The van der Waals surface area contributed by atoms with E-state index < -0.39 is 6.10 Å². The summed E-state index contributed by atoms with van der Waals surface area (Å²) in [5.41, 5.74) is 0.749. The van der Waals surface area contributed by atoms with Gasteiger partial charge in [-0.15, -0.1) is 0 Å². The number of aliphatic hydroxyl groups is 2. The summed E-state index contributed by atoms with van der Waals surface area (Å²) in [6.07, 6.45) is 1.56. The summed E-state index contributed by atoms with van der Waals surface area (Å²) in [6.45, 7) is 4.21. The molecule has 0 bridgehead atoms. The SMILES string of the molecule is CCCCN(CCO)CC(O)c1ccccc1Cl. The van der Waals surface area contributed by atoms with Crippen molar-refractivity contribution in [3.05, 3.63) is 34.9 Å². The Morgan fingerprint density at radius 3 is 2.61 bits per heavy atom. The first kappa shape index (κ1) is 15.4. The summed E-state index contributed by atoms with van der Waals surface area (Å²) in [7, 11) is 0. The van der Waals surface area contributed by atoms with Gasteiger partial charge in [-0.1, -0.05) is 43.1 Å². The minimum atomic E-state index is -0.609. The molecular weight excluding hydrogens is 250 g/mol. The van der Waals surface area contributed by atoms with E-state index in [-0.39, 0.29) is 6.61 Å². The second-order valence-corrected chi connectivity index (χ2v) is 4.82. The average molecular weight is 272 g/mol. The molecule has 0 amide bonds. The lowest BCUT2D eigenvalue weighted by atomic mass is 10.1. The van der Waals surface area contributed by atoms with Crippen LogP contribution in [0.25, 0.3) is 0 Å². The molecule has 0 fully saturated rings. The molecule has 0 saturated heterocycles. The standard InChI is InChI=1S/C14H22ClNO2/c1-2-3-8-16(9-10-17)11-14(18)12-6-4-5-7-13(12)15/h4-7,14,17-18H,2-3,8-11H2,1H3. The number of nitrogens with zero attached hydrogens (tertiary/aromatic N) is 1. The highest BCUT2D eigenvalue weighted by Gasteiger charge is 2.15. The molecule has 102 valence electrons. The molecule has 0 radical (unpaired) electrons. The van der Waals surface area contributed by atoms with Crippen LogP contribution in [-0.2, 0) is 0 Å². The van der Waals surface area contributed by atoms with Gasteiger partial charge in [-0.25, -0.2) is 0 Å². The molecule has 18 heavy (non-hydrogen) atoms. The van der Waals surface area contributed by atoms with E-state index in [0.29, 0.717) is 18.1 Å². The minimum absolute atomic E-state index is 0.110. The van der Waals surface area contributed by atoms with Gasteiger partial charge in [0.2, 0.25) is 0 Å². The van der Waals surface area contributed by atoms with E-state index in [9.17, 15) is 5.11 Å². The Balaban J connectivity index is 2.60. The topological polar surface area (TPSA) is 43.7 Å². The van der Waals surface area contributed by atoms with Crippen LogP contribution in [-0.4, -0.2) is 41.4 Å². The quantitative estimate of drug-likeness (QED) is 0.763. The molecule has 0 aliphatic carbocycles. The third-order valence-electron chi connectivity index (χ3n) is 2.94. The predicted molar refractivity (Wildman–Crippen MR) is 74.8 cm³/mol. The van der Waals surface area contributed by atoms with Crippen molar-refractivity contribution in [1.29, 1.82) is 0 Å². The predicted octanol–water partition coefficient (Wildman–Crippen LogP) is 2.47. The van der Waals surface area contributed by atoms with Gasteiger partial charge in [0.05, 0.1) is 12.7 Å². The number of aliphatic hydroxyl groups excluding tert-OH is 2. The summed E-state index contributed by atoms with van der Waals surface area (Å²) in [5, 5.41) is 19.8. The van der Waals surface area contributed by atoms with Gasteiger partial charge < -0.3 is 10.2 Å². The lowest BCUT2D eigenvalue weighted by Gasteiger charge is -2.24. The fraction of sp³-hybridized carbons (Fsp3) is 0.571. The Kier molecular flexibility index (Phi) is 7.28. The average Bonchev–Trinajstić information content (AvgIpc) is 2.36. The highest BCUT2D eigenvalue weighted by molar-refractivity contribution is 6.31. The fourth-order valence-corrected chi connectivity index (χ4v) is 2.17. The summed E-state index contributed by atoms with van der Waals surface area (Å²) in [4.78, 5) is 2.07. The number of rotatable bonds is 8. The van der Waals surface area contributed by atoms with E-state index in [1.165, 1.54) is 0 Å². The lowest BCUT2D eigenvalue weighted by molar-refractivity contribution is 0.0990. The second-order valence-electron chi connectivity index (χ2n) is 4.42. The van der Waals surface area contributed by atoms with Gasteiger partial charge >= 0.3 is 0 Å². The monoisotopic (exact) mass is 271 g/mol. The maximum atomic E-state index is 10.2. The molecule has 0 spiro atoms. The van der Waals surface area contributed by atoms with Gasteiger partial charge in [0.25, 0.3) is 0 Å². The Morgan fingerprint density at radius 2 is 2.00 bits per heavy atom. The zero-order valence-corrected chi connectivity index (χ0v) is 11.6. The first-order valence-corrected chi connectivity index (χ1v) is 6.82. The number of unbranched alkanes of at least 4 members (excludes halogenated alkanes) is 1. The van der Waals surface area contributed by atoms with Gasteiger partial charge in [-0.05, 0) is 19.0 Å². The van der Waals surface area contributed by atoms with Crippen LogP contribution in [0, 0.1) is 0 Å². The fourth-order valence-electron chi connectivity index (χ4n) is 1.91. The molecule has 0 aliphatic heterocycles. The number of hydrogen-bond acceptors (Lipinski definition) is 3. The minimum Gasteiger partial charge on any atom is -0.395 e. The van der Waals surface area contributed by atoms with Crippen molar-refractivity contribution < 1.29 is 10.2 Å². The van der Waals surface area contributed by atoms with Gasteiger partial charge in [-0.2, -0.15) is 0 Å². The first-order chi connectivity index (χ1) is 8.69. The molecule has 0 heterocycles. The molecule has 1 rings (SSSR count). The molecule has 4 heteroatoms. The Hall–Kier alpha value is -0.610. The van der Waals surface area contributed by atoms with E-state index in [1.807, 2.05) is 18.2 Å². The Labute approximate surface area is 114 Å². The largest absolute Gasteiger partial charge is 0.395 e. The number of hydrogen-bond donors (Lipinski definition) is 2. The van der Waals surface area contributed by atoms with Crippen molar-refractivity contribution in [3.8, 4) is 0 Å². The van der Waals surface area contributed by atoms with E-state index in [1.54, 1.807) is 6.07 Å². The molecule has 2 N–H and O–H groups in total. The van der Waals surface area contributed by atoms with Crippen LogP contribution in [0.5, 0.6) is 0 Å². The summed E-state index contributed by atoms with van der Waals surface area (Å²) in [6, 6.07) is 7.33. The molecule has 1 aromatic carbocycles. The van der Waals surface area contributed by atoms with Crippen molar-refractivity contribution >= 4 is 11.6 Å². The van der Waals surface area contributed by atoms with Crippen LogP contribution in [0.4, 0.5) is 0 Å². The van der Waals surface area contributed by atoms with Crippen molar-refractivity contribution in [2.24, 2.45) is 0 Å². The molecule has 0 saturated carbocycles. The summed E-state index contributed by atoms with van der Waals surface area (Å²) in [5.74, 6) is 0. The Morgan fingerprint density at radius 1 is 1.28 bits per heavy atom. The third-order valence-corrected chi connectivity index (χ3v) is 3.28. The summed E-state index contributed by atoms with van der Waals surface area (Å²) < 4.78 is 0. The first-order valence-electron chi connectivity index (χ1n) is 6.44. The smallest absolute Gasteiger partial charge is 0.0931 e. The Bertz CT molecular complexity index is 346. The van der Waals surface area contributed by atoms with Crippen LogP contribution >= 0.6 is 11.6 Å². The van der Waals surface area contributed by atoms with Gasteiger partial charge in [0, 0.05) is 23.7 Å². The number of halogens is 1. The van der Waals surface area contributed by atoms with Crippen molar-refractivity contribution in [1.82, 2.24) is 4.90 Å². The van der Waals surface area contributed by atoms with Crippen LogP contribution in [0.2, 0.25) is 5.02 Å². The second kappa shape index (κ2) is 8.48. The molecule has 3 nitrogen and oxygen atoms in total. The van der Waals surface area contributed by atoms with Crippen molar-refractivity contribution in [3.63, 3.8) is 0 Å². The molecule has 1 unspecified atom stereocenters. The van der Waals surface area contributed by atoms with Crippen molar-refractivity contribution in [2.45, 2.75) is 25.9 Å². The third kappa shape index (κ3) is 4.94. The zero-order valence-electron chi connectivity index (χ0n) is 10.8. The number of benzene rings is 1. The summed E-state index contributed by atoms with van der Waals surface area (Å²) >= 11 is 6.06. The van der Waals surface area contributed by atoms with E-state index >= 15 is 0 Å². The van der Waals surface area contributed by atoms with Crippen LogP contribution in [0.15, 0.2) is 24.3 Å². The maximum Gasteiger partial charge on any atom is 0.0931 e. The normalized spacial score (nSPS) is 12.9.